The van der Waals surface area contributed by atoms with E-state index in [9.17, 15) is 0 Å². The number of hydrogen-bond acceptors (Lipinski definition) is 2. The molecule has 0 aliphatic carbocycles. The quantitative estimate of drug-likeness (QED) is 0.318. The number of guanidine groups is 1. The normalized spacial score (nSPS) is 12.2. The van der Waals surface area contributed by atoms with Crippen molar-refractivity contribution in [1.82, 2.24) is 5.32 Å². The molecule has 1 unspecified atom stereocenters. The summed E-state index contributed by atoms with van der Waals surface area (Å²) in [6.45, 7) is 11.1. The van der Waals surface area contributed by atoms with E-state index >= 15 is 0 Å². The summed E-state index contributed by atoms with van der Waals surface area (Å²) in [7, 11) is 0. The van der Waals surface area contributed by atoms with Gasteiger partial charge in [-0.15, -0.1) is 24.0 Å². The third kappa shape index (κ3) is 8.60. The Morgan fingerprint density at radius 3 is 2.76 bits per heavy atom. The fourth-order valence-corrected chi connectivity index (χ4v) is 1.63. The molecule has 1 atom stereocenters. The highest BCUT2D eigenvalue weighted by Crippen LogP contribution is 2.15. The van der Waals surface area contributed by atoms with Gasteiger partial charge in [-0.1, -0.05) is 31.2 Å². The second-order valence-electron chi connectivity index (χ2n) is 5.00. The fraction of sp³-hybridized carbons (Fsp3) is 0.438. The molecule has 118 valence electrons. The van der Waals surface area contributed by atoms with Crippen LogP contribution in [0.25, 0.3) is 0 Å². The van der Waals surface area contributed by atoms with E-state index in [1.54, 1.807) is 0 Å². The minimum atomic E-state index is 0. The summed E-state index contributed by atoms with van der Waals surface area (Å²) in [5.74, 6) is 1.31. The van der Waals surface area contributed by atoms with E-state index in [4.69, 9.17) is 10.5 Å². The van der Waals surface area contributed by atoms with Gasteiger partial charge in [0.2, 0.25) is 0 Å². The first-order valence-corrected chi connectivity index (χ1v) is 6.92. The number of halogens is 1. The van der Waals surface area contributed by atoms with Gasteiger partial charge in [0.15, 0.2) is 5.96 Å². The van der Waals surface area contributed by atoms with Crippen molar-refractivity contribution < 1.29 is 4.74 Å². The summed E-state index contributed by atoms with van der Waals surface area (Å²) >= 11 is 0. The monoisotopic (exact) mass is 403 g/mol. The van der Waals surface area contributed by atoms with Gasteiger partial charge in [0.05, 0.1) is 6.54 Å². The van der Waals surface area contributed by atoms with E-state index in [1.807, 2.05) is 38.1 Å². The number of aliphatic imine (C=N–C) groups is 1. The maximum absolute atomic E-state index is 5.91. The van der Waals surface area contributed by atoms with Crippen LogP contribution in [0.3, 0.4) is 0 Å². The van der Waals surface area contributed by atoms with Crippen LogP contribution in [0, 0.1) is 6.92 Å². The molecule has 0 aliphatic rings. The van der Waals surface area contributed by atoms with Crippen molar-refractivity contribution in [3.05, 3.63) is 42.0 Å². The molecular weight excluding hydrogens is 377 g/mol. The molecule has 4 nitrogen and oxygen atoms in total. The third-order valence-corrected chi connectivity index (χ3v) is 2.78. The molecule has 0 saturated carbocycles. The molecule has 21 heavy (non-hydrogen) atoms. The molecule has 1 rings (SSSR count). The number of aryl methyl sites for hydroxylation is 1. The van der Waals surface area contributed by atoms with E-state index in [2.05, 4.69) is 23.8 Å². The number of nitrogens with one attached hydrogen (secondary N) is 1. The van der Waals surface area contributed by atoms with Gasteiger partial charge in [0.1, 0.15) is 11.9 Å². The second-order valence-corrected chi connectivity index (χ2v) is 5.00. The zero-order chi connectivity index (χ0) is 15.0. The Morgan fingerprint density at radius 2 is 2.19 bits per heavy atom. The molecule has 0 aromatic heterocycles. The molecule has 0 saturated heterocycles. The molecule has 1 aromatic rings. The number of nitrogens with zero attached hydrogens (tertiary/aromatic N) is 1. The number of ether oxygens (including phenoxy) is 1. The highest BCUT2D eigenvalue weighted by atomic mass is 127. The summed E-state index contributed by atoms with van der Waals surface area (Å²) < 4.78 is 5.91. The molecule has 0 aliphatic heterocycles. The van der Waals surface area contributed by atoms with Gasteiger partial charge in [-0.05, 0) is 38.0 Å². The van der Waals surface area contributed by atoms with E-state index in [0.717, 1.165) is 17.7 Å². The van der Waals surface area contributed by atoms with Crippen LogP contribution in [0.1, 0.15) is 25.8 Å². The largest absolute Gasteiger partial charge is 0.489 e. The predicted octanol–water partition coefficient (Wildman–Crippen LogP) is 3.25. The van der Waals surface area contributed by atoms with Crippen LogP contribution >= 0.6 is 24.0 Å². The van der Waals surface area contributed by atoms with Crippen LogP contribution in [0.5, 0.6) is 5.75 Å². The van der Waals surface area contributed by atoms with Crippen molar-refractivity contribution >= 4 is 29.9 Å². The molecule has 5 heteroatoms. The van der Waals surface area contributed by atoms with Crippen LogP contribution < -0.4 is 15.8 Å². The Kier molecular flexibility index (Phi) is 9.86. The van der Waals surface area contributed by atoms with Crippen LogP contribution in [-0.4, -0.2) is 25.2 Å². The number of rotatable bonds is 7. The lowest BCUT2D eigenvalue weighted by atomic mass is 10.2. The van der Waals surface area contributed by atoms with Gasteiger partial charge in [-0.3, -0.25) is 0 Å². The molecule has 0 spiro atoms. The summed E-state index contributed by atoms with van der Waals surface area (Å²) in [4.78, 5) is 4.30. The zero-order valence-corrected chi connectivity index (χ0v) is 15.4. The van der Waals surface area contributed by atoms with E-state index < -0.39 is 0 Å². The molecule has 3 N–H and O–H groups in total. The van der Waals surface area contributed by atoms with E-state index in [1.165, 1.54) is 5.56 Å². The van der Waals surface area contributed by atoms with E-state index in [0.29, 0.717) is 19.0 Å². The predicted molar refractivity (Wildman–Crippen MR) is 101 cm³/mol. The maximum Gasteiger partial charge on any atom is 0.188 e. The van der Waals surface area contributed by atoms with Crippen LogP contribution in [-0.2, 0) is 0 Å². The lowest BCUT2D eigenvalue weighted by Gasteiger charge is -2.16. The highest BCUT2D eigenvalue weighted by Gasteiger charge is 2.07. The first-order chi connectivity index (χ1) is 9.51. The smallest absolute Gasteiger partial charge is 0.188 e. The Morgan fingerprint density at radius 1 is 1.48 bits per heavy atom. The minimum absolute atomic E-state index is 0. The van der Waals surface area contributed by atoms with Crippen molar-refractivity contribution in [2.45, 2.75) is 33.3 Å². The SMILES string of the molecule is C=C(C)CNC(N)=NCC(CC)Oc1cccc(C)c1.I. The summed E-state index contributed by atoms with van der Waals surface area (Å²) in [5.41, 5.74) is 7.99. The van der Waals surface area contributed by atoms with Crippen molar-refractivity contribution in [3.63, 3.8) is 0 Å². The number of benzene rings is 1. The van der Waals surface area contributed by atoms with Crippen LogP contribution in [0.2, 0.25) is 0 Å². The first-order valence-electron chi connectivity index (χ1n) is 6.92. The van der Waals surface area contributed by atoms with Crippen molar-refractivity contribution in [2.24, 2.45) is 10.7 Å². The lowest BCUT2D eigenvalue weighted by molar-refractivity contribution is 0.205. The molecule has 0 radical (unpaired) electrons. The Labute approximate surface area is 144 Å². The average Bonchev–Trinajstić information content (AvgIpc) is 2.41. The Balaban J connectivity index is 0.00000400. The second kappa shape index (κ2) is 10.5. The zero-order valence-electron chi connectivity index (χ0n) is 13.1. The first kappa shape index (κ1) is 19.8. The van der Waals surface area contributed by atoms with Gasteiger partial charge in [0, 0.05) is 6.54 Å². The standard InChI is InChI=1S/C16H25N3O.HI/c1-5-14(11-19-16(17)18-10-12(2)3)20-15-8-6-7-13(4)9-15;/h6-9,14H,2,5,10-11H2,1,3-4H3,(H3,17,18,19);1H. The van der Waals surface area contributed by atoms with Gasteiger partial charge in [0.25, 0.3) is 0 Å². The van der Waals surface area contributed by atoms with Gasteiger partial charge in [-0.2, -0.15) is 0 Å². The molecule has 0 bridgehead atoms. The maximum atomic E-state index is 5.91. The lowest BCUT2D eigenvalue weighted by Crippen LogP contribution is -2.34. The minimum Gasteiger partial charge on any atom is -0.489 e. The topological polar surface area (TPSA) is 59.6 Å². The van der Waals surface area contributed by atoms with Gasteiger partial charge >= 0.3 is 0 Å². The molecule has 1 aromatic carbocycles. The Hall–Kier alpha value is -1.24. The summed E-state index contributed by atoms with van der Waals surface area (Å²) in [6, 6.07) is 8.02. The van der Waals surface area contributed by atoms with Crippen molar-refractivity contribution in [1.29, 1.82) is 0 Å². The molecular formula is C16H26IN3O. The molecule has 0 amide bonds. The fourth-order valence-electron chi connectivity index (χ4n) is 1.63. The van der Waals surface area contributed by atoms with E-state index in [-0.39, 0.29) is 30.1 Å². The molecule has 0 heterocycles. The van der Waals surface area contributed by atoms with Gasteiger partial charge < -0.3 is 15.8 Å². The summed E-state index contributed by atoms with van der Waals surface area (Å²) in [5, 5.41) is 3.01. The summed E-state index contributed by atoms with van der Waals surface area (Å²) in [6.07, 6.45) is 0.910. The van der Waals surface area contributed by atoms with Crippen LogP contribution in [0.4, 0.5) is 0 Å². The van der Waals surface area contributed by atoms with Gasteiger partial charge in [-0.25, -0.2) is 4.99 Å². The number of hydrogen-bond donors (Lipinski definition) is 2. The van der Waals surface area contributed by atoms with Crippen LogP contribution in [0.15, 0.2) is 41.4 Å². The Bertz CT molecular complexity index is 474. The van der Waals surface area contributed by atoms with Crippen molar-refractivity contribution in [2.75, 3.05) is 13.1 Å². The third-order valence-electron chi connectivity index (χ3n) is 2.78. The highest BCUT2D eigenvalue weighted by molar-refractivity contribution is 14.0. The molecule has 0 fully saturated rings. The number of nitrogens with two attached hydrogens (primary N) is 1. The van der Waals surface area contributed by atoms with Crippen molar-refractivity contribution in [3.8, 4) is 5.75 Å². The average molecular weight is 403 g/mol.